The topological polar surface area (TPSA) is 69.4 Å². The van der Waals surface area contributed by atoms with Gasteiger partial charge in [-0.2, -0.15) is 5.10 Å². The molecule has 10 heteroatoms. The molecule has 1 saturated heterocycles. The third-order valence-corrected chi connectivity index (χ3v) is 7.96. The van der Waals surface area contributed by atoms with Crippen LogP contribution in [0, 0.1) is 11.6 Å². The van der Waals surface area contributed by atoms with Gasteiger partial charge in [0.25, 0.3) is 0 Å². The molecule has 0 spiro atoms. The number of halogens is 3. The van der Waals surface area contributed by atoms with E-state index in [0.717, 1.165) is 17.7 Å². The van der Waals surface area contributed by atoms with Gasteiger partial charge in [0.2, 0.25) is 0 Å². The maximum atomic E-state index is 14.7. The zero-order valence-electron chi connectivity index (χ0n) is 19.6. The van der Waals surface area contributed by atoms with Gasteiger partial charge in [-0.25, -0.2) is 18.4 Å². The molecule has 1 fully saturated rings. The minimum absolute atomic E-state index is 0.0139. The number of hydrogen-bond acceptors (Lipinski definition) is 5. The van der Waals surface area contributed by atoms with Crippen molar-refractivity contribution in [1.82, 2.24) is 14.8 Å². The molecule has 36 heavy (non-hydrogen) atoms. The van der Waals surface area contributed by atoms with E-state index in [1.165, 1.54) is 23.4 Å². The van der Waals surface area contributed by atoms with Gasteiger partial charge in [0.1, 0.15) is 29.9 Å². The number of aliphatic hydroxyl groups is 1. The van der Waals surface area contributed by atoms with Gasteiger partial charge in [0.15, 0.2) is 6.29 Å². The van der Waals surface area contributed by atoms with E-state index in [9.17, 15) is 13.9 Å². The fourth-order valence-corrected chi connectivity index (χ4v) is 5.71. The molecule has 1 unspecified atom stereocenters. The predicted octanol–water partition coefficient (Wildman–Crippen LogP) is 5.18. The van der Waals surface area contributed by atoms with Gasteiger partial charge >= 0.3 is 0 Å². The minimum Gasteiger partial charge on any atom is -0.382 e. The first-order valence-electron chi connectivity index (χ1n) is 11.4. The van der Waals surface area contributed by atoms with Gasteiger partial charge in [-0.15, -0.1) is 8.58 Å². The second-order valence-corrected chi connectivity index (χ2v) is 11.0. The molecule has 0 saturated carbocycles. The number of ether oxygens (including phenoxy) is 2. The van der Waals surface area contributed by atoms with Crippen molar-refractivity contribution in [2.45, 2.75) is 36.7 Å². The number of rotatable bonds is 9. The Morgan fingerprint density at radius 3 is 2.61 bits per heavy atom. The van der Waals surface area contributed by atoms with Crippen molar-refractivity contribution in [2.75, 3.05) is 13.2 Å². The number of nitrogens with zero attached hydrogens (tertiary/aromatic N) is 3. The molecule has 2 aromatic carbocycles. The lowest BCUT2D eigenvalue weighted by Crippen LogP contribution is -2.43. The molecule has 4 rings (SSSR count). The Balaban J connectivity index is 1.36. The van der Waals surface area contributed by atoms with Crippen LogP contribution in [0.3, 0.4) is 0 Å². The monoisotopic (exact) mass is 533 g/mol. The third kappa shape index (κ3) is 6.84. The molecule has 3 aromatic rings. The number of aromatic nitrogens is 3. The Morgan fingerprint density at radius 2 is 1.94 bits per heavy atom. The summed E-state index contributed by atoms with van der Waals surface area (Å²) in [5.41, 5.74) is -0.966. The van der Waals surface area contributed by atoms with Crippen LogP contribution in [-0.2, 0) is 21.6 Å². The summed E-state index contributed by atoms with van der Waals surface area (Å²) in [6.07, 6.45) is 9.85. The Hall–Kier alpha value is -2.48. The van der Waals surface area contributed by atoms with Crippen LogP contribution in [0.15, 0.2) is 73.3 Å². The van der Waals surface area contributed by atoms with Gasteiger partial charge < -0.3 is 14.6 Å². The average molecular weight is 534 g/mol. The van der Waals surface area contributed by atoms with E-state index in [4.69, 9.17) is 21.1 Å². The second-order valence-electron chi connectivity index (χ2n) is 8.56. The highest BCUT2D eigenvalue weighted by atomic mass is 35.5. The minimum atomic E-state index is -1.63. The summed E-state index contributed by atoms with van der Waals surface area (Å²) in [6, 6.07) is 10.7. The molecule has 1 N–H and O–H groups in total. The first kappa shape index (κ1) is 26.6. The van der Waals surface area contributed by atoms with Crippen LogP contribution in [0.2, 0.25) is 5.02 Å². The summed E-state index contributed by atoms with van der Waals surface area (Å²) < 4.78 is 41.4. The van der Waals surface area contributed by atoms with E-state index < -0.39 is 29.2 Å². The van der Waals surface area contributed by atoms with Crippen molar-refractivity contribution in [2.24, 2.45) is 0 Å². The number of allylic oxidation sites excluding steroid dienone is 2. The highest BCUT2D eigenvalue weighted by molar-refractivity contribution is 7.40. The average Bonchev–Trinajstić information content (AvgIpc) is 3.36. The summed E-state index contributed by atoms with van der Waals surface area (Å²) in [5, 5.41) is 16.4. The van der Waals surface area contributed by atoms with Crippen molar-refractivity contribution < 1.29 is 23.4 Å². The molecule has 1 aromatic heterocycles. The molecule has 1 aliphatic rings. The number of benzene rings is 2. The van der Waals surface area contributed by atoms with Crippen LogP contribution in [0.25, 0.3) is 6.08 Å². The quantitative estimate of drug-likeness (QED) is 0.303. The van der Waals surface area contributed by atoms with Gasteiger partial charge in [0.05, 0.1) is 19.8 Å². The molecular formula is C26H27ClF2N3O3P. The first-order chi connectivity index (χ1) is 17.3. The van der Waals surface area contributed by atoms with Crippen LogP contribution in [0.5, 0.6) is 0 Å². The molecule has 190 valence electrons. The van der Waals surface area contributed by atoms with E-state index in [2.05, 4.69) is 10.1 Å². The third-order valence-electron chi connectivity index (χ3n) is 5.93. The fraction of sp³-hybridized carbons (Fsp3) is 0.308. The second kappa shape index (κ2) is 12.2. The van der Waals surface area contributed by atoms with Crippen molar-refractivity contribution in [3.63, 3.8) is 0 Å². The smallest absolute Gasteiger partial charge is 0.177 e. The van der Waals surface area contributed by atoms with Crippen LogP contribution < -0.4 is 0 Å². The summed E-state index contributed by atoms with van der Waals surface area (Å²) in [6.45, 7) is 2.68. The van der Waals surface area contributed by atoms with E-state index in [0.29, 0.717) is 18.2 Å². The molecule has 0 radical (unpaired) electrons. The highest BCUT2D eigenvalue weighted by Crippen LogP contribution is 2.42. The molecule has 2 heterocycles. The van der Waals surface area contributed by atoms with E-state index in [1.54, 1.807) is 0 Å². The lowest BCUT2D eigenvalue weighted by Gasteiger charge is -2.38. The normalized spacial score (nSPS) is 21.5. The summed E-state index contributed by atoms with van der Waals surface area (Å²) >= 11 is 5.90. The van der Waals surface area contributed by atoms with E-state index in [1.807, 2.05) is 55.5 Å². The van der Waals surface area contributed by atoms with Crippen molar-refractivity contribution >= 4 is 26.3 Å². The van der Waals surface area contributed by atoms with E-state index in [-0.39, 0.29) is 26.3 Å². The lowest BCUT2D eigenvalue weighted by atomic mass is 9.90. The maximum absolute atomic E-state index is 14.7. The van der Waals surface area contributed by atoms with Gasteiger partial charge in [-0.3, -0.25) is 0 Å². The molecule has 0 amide bonds. The maximum Gasteiger partial charge on any atom is 0.177 e. The van der Waals surface area contributed by atoms with Gasteiger partial charge in [-0.05, 0) is 29.8 Å². The summed E-state index contributed by atoms with van der Waals surface area (Å²) in [7, 11) is 0.188. The highest BCUT2D eigenvalue weighted by Gasteiger charge is 2.40. The standard InChI is InChI=1S/C26H27ClF2N3O3P/c1-18(26(33,15-32-17-30-16-31-32)23-11-10-21(28)12-24(23)29)36-22-13-34-25(35-14-22)5-3-2-4-19-6-8-20(27)9-7-19/h2-12,16-18,22,25,33,36H,13-15H2,1H3/b4-2+,5-3+/t18-,22?,25?,26-/m1/s1. The van der Waals surface area contributed by atoms with Crippen molar-refractivity contribution in [3.05, 3.63) is 101 Å². The van der Waals surface area contributed by atoms with Gasteiger partial charge in [0, 0.05) is 28.0 Å². The Labute approximate surface area is 215 Å². The molecule has 1 aliphatic heterocycles. The van der Waals surface area contributed by atoms with Crippen LogP contribution >= 0.6 is 20.2 Å². The van der Waals surface area contributed by atoms with Crippen LogP contribution in [0.4, 0.5) is 8.78 Å². The fourth-order valence-electron chi connectivity index (χ4n) is 3.97. The van der Waals surface area contributed by atoms with Crippen LogP contribution in [0.1, 0.15) is 18.1 Å². The SMILES string of the molecule is C[C@@H](PC1COC(/C=C/C=C/c2ccc(Cl)cc2)OC1)[C@](O)(Cn1cncn1)c1ccc(F)cc1F. The largest absolute Gasteiger partial charge is 0.382 e. The zero-order chi connectivity index (χ0) is 25.5. The molecule has 0 aliphatic carbocycles. The van der Waals surface area contributed by atoms with Crippen molar-refractivity contribution in [1.29, 1.82) is 0 Å². The summed E-state index contributed by atoms with van der Waals surface area (Å²) in [5.74, 6) is -1.51. The summed E-state index contributed by atoms with van der Waals surface area (Å²) in [4.78, 5) is 3.90. The first-order valence-corrected chi connectivity index (χ1v) is 13.0. The van der Waals surface area contributed by atoms with Crippen molar-refractivity contribution in [3.8, 4) is 0 Å². The Morgan fingerprint density at radius 1 is 1.19 bits per heavy atom. The van der Waals surface area contributed by atoms with Crippen LogP contribution in [-0.4, -0.2) is 50.7 Å². The zero-order valence-corrected chi connectivity index (χ0v) is 21.4. The predicted molar refractivity (Wildman–Crippen MR) is 137 cm³/mol. The number of hydrogen-bond donors (Lipinski definition) is 1. The van der Waals surface area contributed by atoms with E-state index >= 15 is 0 Å². The lowest BCUT2D eigenvalue weighted by molar-refractivity contribution is -0.147. The Bertz CT molecular complexity index is 1190. The molecule has 0 bridgehead atoms. The van der Waals surface area contributed by atoms with Gasteiger partial charge in [-0.1, -0.05) is 55.0 Å². The Kier molecular flexibility index (Phi) is 8.99. The molecular weight excluding hydrogens is 507 g/mol. The molecule has 3 atom stereocenters. The molecule has 6 nitrogen and oxygen atoms in total.